The Hall–Kier alpha value is -2.44. The van der Waals surface area contributed by atoms with E-state index in [9.17, 15) is 14.4 Å². The van der Waals surface area contributed by atoms with Crippen LogP contribution in [0.1, 0.15) is 33.6 Å². The van der Waals surface area contributed by atoms with Gasteiger partial charge in [0, 0.05) is 12.1 Å². The van der Waals surface area contributed by atoms with Crippen LogP contribution < -0.4 is 10.1 Å². The summed E-state index contributed by atoms with van der Waals surface area (Å²) < 4.78 is 5.09. The number of nitrogens with one attached hydrogen (secondary N) is 1. The molecule has 0 radical (unpaired) electrons. The highest BCUT2D eigenvalue weighted by atomic mass is 16.5. The second-order valence-corrected chi connectivity index (χ2v) is 5.76. The van der Waals surface area contributed by atoms with Crippen molar-refractivity contribution in [1.82, 2.24) is 10.3 Å². The normalized spacial score (nSPS) is 13.2. The van der Waals surface area contributed by atoms with Gasteiger partial charge in [0.15, 0.2) is 0 Å². The molecule has 7 heteroatoms. The molecule has 1 aromatic rings. The molecule has 23 heavy (non-hydrogen) atoms. The first-order valence-electron chi connectivity index (χ1n) is 7.43. The van der Waals surface area contributed by atoms with Crippen LogP contribution >= 0.6 is 0 Å². The molecule has 0 spiro atoms. The summed E-state index contributed by atoms with van der Waals surface area (Å²) in [6, 6.07) is 2.31. The quantitative estimate of drug-likeness (QED) is 0.705. The molecule has 0 saturated carbocycles. The maximum Gasteiger partial charge on any atom is 0.333 e. The summed E-state index contributed by atoms with van der Waals surface area (Å²) >= 11 is 0. The molecule has 0 aliphatic heterocycles. The third kappa shape index (κ3) is 6.90. The van der Waals surface area contributed by atoms with Gasteiger partial charge in [-0.05, 0) is 31.4 Å². The van der Waals surface area contributed by atoms with E-state index in [4.69, 9.17) is 9.84 Å². The van der Waals surface area contributed by atoms with E-state index < -0.39 is 29.8 Å². The van der Waals surface area contributed by atoms with Gasteiger partial charge in [-0.3, -0.25) is 14.6 Å². The van der Waals surface area contributed by atoms with E-state index in [1.54, 1.807) is 18.3 Å². The van der Waals surface area contributed by atoms with Crippen molar-refractivity contribution in [3.63, 3.8) is 0 Å². The minimum absolute atomic E-state index is 0.169. The smallest absolute Gasteiger partial charge is 0.333 e. The fourth-order valence-corrected chi connectivity index (χ4v) is 2.07. The number of ether oxygens (including phenoxy) is 1. The maximum absolute atomic E-state index is 12.2. The first-order valence-corrected chi connectivity index (χ1v) is 7.43. The first-order chi connectivity index (χ1) is 10.8. The van der Waals surface area contributed by atoms with Gasteiger partial charge in [0.25, 0.3) is 0 Å². The van der Waals surface area contributed by atoms with Gasteiger partial charge in [0.2, 0.25) is 5.91 Å². The standard InChI is InChI=1S/C16H22N2O5/c1-10(2)7-12(8-14(19)20)15(21)18-11(3)16(22)23-13-5-4-6-17-9-13/h4-6,9-12H,7-8H2,1-3H3,(H,18,21)(H,19,20)/t11-,12?/m0/s1. The first kappa shape index (κ1) is 18.6. The summed E-state index contributed by atoms with van der Waals surface area (Å²) in [6.45, 7) is 5.30. The molecule has 1 rings (SSSR count). The Labute approximate surface area is 135 Å². The van der Waals surface area contributed by atoms with Gasteiger partial charge >= 0.3 is 11.9 Å². The number of hydrogen-bond acceptors (Lipinski definition) is 5. The van der Waals surface area contributed by atoms with Crippen molar-refractivity contribution in [3.05, 3.63) is 24.5 Å². The number of pyridine rings is 1. The van der Waals surface area contributed by atoms with Crippen LogP contribution in [-0.2, 0) is 14.4 Å². The van der Waals surface area contributed by atoms with Crippen LogP contribution in [0.25, 0.3) is 0 Å². The molecule has 7 nitrogen and oxygen atoms in total. The molecule has 1 heterocycles. The Bertz CT molecular complexity index is 545. The molecule has 0 bridgehead atoms. The highest BCUT2D eigenvalue weighted by Gasteiger charge is 2.26. The second kappa shape index (κ2) is 8.87. The number of carboxylic acid groups (broad SMARTS) is 1. The number of amides is 1. The number of carboxylic acids is 1. The van der Waals surface area contributed by atoms with Crippen molar-refractivity contribution in [2.75, 3.05) is 0 Å². The van der Waals surface area contributed by atoms with Gasteiger partial charge in [-0.1, -0.05) is 13.8 Å². The highest BCUT2D eigenvalue weighted by molar-refractivity contribution is 5.88. The number of hydrogen-bond donors (Lipinski definition) is 2. The summed E-state index contributed by atoms with van der Waals surface area (Å²) in [6.07, 6.45) is 3.10. The molecule has 0 saturated heterocycles. The van der Waals surface area contributed by atoms with Crippen molar-refractivity contribution in [1.29, 1.82) is 0 Å². The Morgan fingerprint density at radius 1 is 1.30 bits per heavy atom. The molecule has 2 atom stereocenters. The summed E-state index contributed by atoms with van der Waals surface area (Å²) in [5, 5.41) is 11.4. The molecule has 0 aromatic carbocycles. The lowest BCUT2D eigenvalue weighted by Gasteiger charge is -2.19. The average Bonchev–Trinajstić information content (AvgIpc) is 2.46. The molecular formula is C16H22N2O5. The van der Waals surface area contributed by atoms with Crippen LogP contribution in [0.5, 0.6) is 5.75 Å². The Morgan fingerprint density at radius 2 is 2.00 bits per heavy atom. The SMILES string of the molecule is CC(C)CC(CC(=O)O)C(=O)N[C@@H](C)C(=O)Oc1cccnc1. The number of nitrogens with zero attached hydrogens (tertiary/aromatic N) is 1. The highest BCUT2D eigenvalue weighted by Crippen LogP contribution is 2.16. The van der Waals surface area contributed by atoms with Crippen molar-refractivity contribution < 1.29 is 24.2 Å². The van der Waals surface area contributed by atoms with Crippen LogP contribution in [0.4, 0.5) is 0 Å². The number of carbonyl (C=O) groups excluding carboxylic acids is 2. The molecule has 1 amide bonds. The van der Waals surface area contributed by atoms with E-state index in [2.05, 4.69) is 10.3 Å². The predicted octanol–water partition coefficient (Wildman–Crippen LogP) is 1.63. The number of aromatic nitrogens is 1. The fraction of sp³-hybridized carbons (Fsp3) is 0.500. The Kier molecular flexibility index (Phi) is 7.18. The van der Waals surface area contributed by atoms with E-state index in [1.807, 2.05) is 13.8 Å². The van der Waals surface area contributed by atoms with Crippen LogP contribution in [-0.4, -0.2) is 34.0 Å². The number of esters is 1. The molecule has 1 aromatic heterocycles. The van der Waals surface area contributed by atoms with Gasteiger partial charge in [-0.25, -0.2) is 4.79 Å². The summed E-state index contributed by atoms with van der Waals surface area (Å²) in [7, 11) is 0. The topological polar surface area (TPSA) is 106 Å². The van der Waals surface area contributed by atoms with Gasteiger partial charge in [0.05, 0.1) is 12.6 Å². The zero-order chi connectivity index (χ0) is 17.4. The summed E-state index contributed by atoms with van der Waals surface area (Å²) in [4.78, 5) is 38.8. The van der Waals surface area contributed by atoms with E-state index in [-0.39, 0.29) is 18.1 Å². The van der Waals surface area contributed by atoms with Gasteiger partial charge in [-0.2, -0.15) is 0 Å². The Balaban J connectivity index is 2.61. The minimum atomic E-state index is -1.05. The summed E-state index contributed by atoms with van der Waals surface area (Å²) in [5.41, 5.74) is 0. The molecule has 0 aliphatic rings. The van der Waals surface area contributed by atoms with Crippen LogP contribution in [0, 0.1) is 11.8 Å². The fourth-order valence-electron chi connectivity index (χ4n) is 2.07. The lowest BCUT2D eigenvalue weighted by molar-refractivity contribution is -0.143. The zero-order valence-electron chi connectivity index (χ0n) is 13.5. The van der Waals surface area contributed by atoms with Gasteiger partial charge in [-0.15, -0.1) is 0 Å². The monoisotopic (exact) mass is 322 g/mol. The maximum atomic E-state index is 12.2. The third-order valence-electron chi connectivity index (χ3n) is 3.11. The lowest BCUT2D eigenvalue weighted by Crippen LogP contribution is -2.44. The molecular weight excluding hydrogens is 300 g/mol. The largest absolute Gasteiger partial charge is 0.481 e. The minimum Gasteiger partial charge on any atom is -0.481 e. The number of carbonyl (C=O) groups is 3. The number of rotatable bonds is 8. The van der Waals surface area contributed by atoms with Crippen LogP contribution in [0.3, 0.4) is 0 Å². The van der Waals surface area contributed by atoms with E-state index in [0.29, 0.717) is 6.42 Å². The van der Waals surface area contributed by atoms with Crippen molar-refractivity contribution in [2.24, 2.45) is 11.8 Å². The lowest BCUT2D eigenvalue weighted by atomic mass is 9.93. The average molecular weight is 322 g/mol. The van der Waals surface area contributed by atoms with E-state index >= 15 is 0 Å². The van der Waals surface area contributed by atoms with Crippen molar-refractivity contribution in [2.45, 2.75) is 39.7 Å². The molecule has 1 unspecified atom stereocenters. The second-order valence-electron chi connectivity index (χ2n) is 5.76. The van der Waals surface area contributed by atoms with Gasteiger partial charge < -0.3 is 15.2 Å². The third-order valence-corrected chi connectivity index (χ3v) is 3.11. The Morgan fingerprint density at radius 3 is 2.52 bits per heavy atom. The van der Waals surface area contributed by atoms with Crippen molar-refractivity contribution >= 4 is 17.8 Å². The molecule has 0 aliphatic carbocycles. The molecule has 0 fully saturated rings. The molecule has 2 N–H and O–H groups in total. The zero-order valence-corrected chi connectivity index (χ0v) is 13.5. The van der Waals surface area contributed by atoms with Gasteiger partial charge in [0.1, 0.15) is 11.8 Å². The van der Waals surface area contributed by atoms with Crippen molar-refractivity contribution in [3.8, 4) is 5.75 Å². The van der Waals surface area contributed by atoms with E-state index in [1.165, 1.54) is 13.1 Å². The molecule has 126 valence electrons. The number of aliphatic carboxylic acids is 1. The summed E-state index contributed by atoms with van der Waals surface area (Å²) in [5.74, 6) is -2.37. The predicted molar refractivity (Wildman–Crippen MR) is 82.7 cm³/mol. The van der Waals surface area contributed by atoms with Crippen LogP contribution in [0.15, 0.2) is 24.5 Å². The van der Waals surface area contributed by atoms with Crippen LogP contribution in [0.2, 0.25) is 0 Å². The van der Waals surface area contributed by atoms with E-state index in [0.717, 1.165) is 0 Å².